The van der Waals surface area contributed by atoms with Gasteiger partial charge < -0.3 is 5.11 Å². The third-order valence-electron chi connectivity index (χ3n) is 2.92. The summed E-state index contributed by atoms with van der Waals surface area (Å²) >= 11 is 2.99. The Morgan fingerprint density at radius 1 is 1.25 bits per heavy atom. The number of aromatic carboxylic acids is 1. The smallest absolute Gasteiger partial charge is 0.338 e. The number of aromatic nitrogens is 1. The Hall–Kier alpha value is -1.85. The minimum Gasteiger partial charge on any atom is -0.478 e. The second-order valence-corrected chi connectivity index (χ2v) is 6.34. The molecule has 0 saturated heterocycles. The summed E-state index contributed by atoms with van der Waals surface area (Å²) in [5.41, 5.74) is 1.43. The van der Waals surface area contributed by atoms with Gasteiger partial charge in [-0.25, -0.2) is 9.78 Å². The van der Waals surface area contributed by atoms with Crippen molar-refractivity contribution in [2.75, 3.05) is 0 Å². The molecule has 0 bridgehead atoms. The van der Waals surface area contributed by atoms with Crippen molar-refractivity contribution < 1.29 is 9.90 Å². The zero-order chi connectivity index (χ0) is 14.1. The number of fused-ring (bicyclic) bond motifs is 1. The van der Waals surface area contributed by atoms with E-state index in [0.29, 0.717) is 0 Å². The van der Waals surface area contributed by atoms with Crippen LogP contribution in [0.3, 0.4) is 0 Å². The van der Waals surface area contributed by atoms with Crippen LogP contribution in [0.4, 0.5) is 0 Å². The summed E-state index contributed by atoms with van der Waals surface area (Å²) in [5.74, 6) is -0.944. The third kappa shape index (κ3) is 2.42. The second kappa shape index (κ2) is 5.26. The summed E-state index contributed by atoms with van der Waals surface area (Å²) in [5, 5.41) is 12.2. The second-order valence-electron chi connectivity index (χ2n) is 4.36. The van der Waals surface area contributed by atoms with Gasteiger partial charge in [-0.2, -0.15) is 0 Å². The van der Waals surface area contributed by atoms with Crippen molar-refractivity contribution >= 4 is 39.3 Å². The zero-order valence-corrected chi connectivity index (χ0v) is 12.3. The predicted molar refractivity (Wildman–Crippen MR) is 81.9 cm³/mol. The molecular weight excluding hydrogens is 290 g/mol. The molecule has 0 unspecified atom stereocenters. The Morgan fingerprint density at radius 2 is 2.00 bits per heavy atom. The molecule has 3 nitrogen and oxygen atoms in total. The van der Waals surface area contributed by atoms with Crippen LogP contribution in [0.5, 0.6) is 0 Å². The molecule has 3 rings (SSSR count). The lowest BCUT2D eigenvalue weighted by molar-refractivity contribution is 0.0693. The van der Waals surface area contributed by atoms with Crippen molar-refractivity contribution in [3.05, 3.63) is 53.0 Å². The van der Waals surface area contributed by atoms with E-state index in [4.69, 9.17) is 0 Å². The van der Waals surface area contributed by atoms with Gasteiger partial charge in [-0.05, 0) is 30.5 Å². The van der Waals surface area contributed by atoms with Gasteiger partial charge in [0.1, 0.15) is 4.83 Å². The summed E-state index contributed by atoms with van der Waals surface area (Å²) < 4.78 is 0. The van der Waals surface area contributed by atoms with Gasteiger partial charge in [-0.1, -0.05) is 29.5 Å². The monoisotopic (exact) mass is 301 g/mol. The molecule has 0 aliphatic carbocycles. The van der Waals surface area contributed by atoms with E-state index in [1.165, 1.54) is 34.9 Å². The van der Waals surface area contributed by atoms with E-state index in [-0.39, 0.29) is 5.56 Å². The first-order chi connectivity index (χ1) is 9.65. The number of carboxylic acids is 1. The van der Waals surface area contributed by atoms with Crippen molar-refractivity contribution in [1.82, 2.24) is 4.98 Å². The molecule has 0 atom stereocenters. The Balaban J connectivity index is 2.12. The summed E-state index contributed by atoms with van der Waals surface area (Å²) in [6.45, 7) is 2.03. The Labute approximate surface area is 124 Å². The molecule has 3 aromatic rings. The van der Waals surface area contributed by atoms with E-state index in [1.54, 1.807) is 0 Å². The fraction of sp³-hybridized carbons (Fsp3) is 0.0667. The topological polar surface area (TPSA) is 50.2 Å². The van der Waals surface area contributed by atoms with Crippen LogP contribution in [0.2, 0.25) is 0 Å². The summed E-state index contributed by atoms with van der Waals surface area (Å²) in [6.07, 6.45) is 1.44. The molecular formula is C15H11NO2S2. The Kier molecular flexibility index (Phi) is 3.46. The molecule has 0 radical (unpaired) electrons. The molecule has 0 aliphatic rings. The lowest BCUT2D eigenvalue weighted by Crippen LogP contribution is -2.00. The van der Waals surface area contributed by atoms with E-state index < -0.39 is 5.97 Å². The average molecular weight is 301 g/mol. The molecule has 20 heavy (non-hydrogen) atoms. The Bertz CT molecular complexity index is 778. The van der Waals surface area contributed by atoms with Gasteiger partial charge in [0, 0.05) is 21.4 Å². The Morgan fingerprint density at radius 3 is 2.70 bits per heavy atom. The fourth-order valence-electron chi connectivity index (χ4n) is 1.89. The summed E-state index contributed by atoms with van der Waals surface area (Å²) in [7, 11) is 0. The number of pyridine rings is 1. The molecule has 100 valence electrons. The molecule has 1 aromatic carbocycles. The average Bonchev–Trinajstić information content (AvgIpc) is 2.90. The predicted octanol–water partition coefficient (Wildman–Crippen LogP) is 4.45. The number of nitrogens with zero attached hydrogens (tertiary/aromatic N) is 1. The molecule has 0 fully saturated rings. The third-order valence-corrected chi connectivity index (χ3v) is 4.89. The number of carboxylic acid groups (broad SMARTS) is 1. The van der Waals surface area contributed by atoms with Crippen LogP contribution in [0.25, 0.3) is 10.2 Å². The maximum absolute atomic E-state index is 11.4. The normalized spacial score (nSPS) is 10.8. The van der Waals surface area contributed by atoms with Gasteiger partial charge >= 0.3 is 5.97 Å². The van der Waals surface area contributed by atoms with Crippen molar-refractivity contribution in [1.29, 1.82) is 0 Å². The number of rotatable bonds is 3. The highest BCUT2D eigenvalue weighted by atomic mass is 32.2. The minimum atomic E-state index is -0.944. The van der Waals surface area contributed by atoms with E-state index >= 15 is 0 Å². The van der Waals surface area contributed by atoms with Crippen LogP contribution < -0.4 is 0 Å². The van der Waals surface area contributed by atoms with Crippen molar-refractivity contribution in [3.8, 4) is 0 Å². The van der Waals surface area contributed by atoms with Gasteiger partial charge in [0.25, 0.3) is 0 Å². The first-order valence-corrected chi connectivity index (χ1v) is 7.69. The standard InChI is InChI=1S/C15H11NO2S2/c1-9-2-4-10(5-3-9)20-13-11-6-7-19-14(11)16-8-12(13)15(17)18/h2-8H,1H3,(H,17,18). The highest BCUT2D eigenvalue weighted by Crippen LogP contribution is 2.37. The maximum Gasteiger partial charge on any atom is 0.338 e. The highest BCUT2D eigenvalue weighted by Gasteiger charge is 2.16. The van der Waals surface area contributed by atoms with Gasteiger partial charge in [-0.15, -0.1) is 11.3 Å². The molecule has 2 heterocycles. The molecule has 0 spiro atoms. The number of thiophene rings is 1. The molecule has 2 aromatic heterocycles. The summed E-state index contributed by atoms with van der Waals surface area (Å²) in [6, 6.07) is 9.98. The van der Waals surface area contributed by atoms with E-state index in [9.17, 15) is 9.90 Å². The lowest BCUT2D eigenvalue weighted by Gasteiger charge is -2.07. The quantitative estimate of drug-likeness (QED) is 0.776. The van der Waals surface area contributed by atoms with E-state index in [2.05, 4.69) is 4.98 Å². The maximum atomic E-state index is 11.4. The molecule has 0 saturated carbocycles. The van der Waals surface area contributed by atoms with Crippen molar-refractivity contribution in [3.63, 3.8) is 0 Å². The highest BCUT2D eigenvalue weighted by molar-refractivity contribution is 7.99. The van der Waals surface area contributed by atoms with Crippen LogP contribution in [0.1, 0.15) is 15.9 Å². The molecule has 5 heteroatoms. The minimum absolute atomic E-state index is 0.251. The van der Waals surface area contributed by atoms with Crippen LogP contribution in [-0.2, 0) is 0 Å². The summed E-state index contributed by atoms with van der Waals surface area (Å²) in [4.78, 5) is 18.2. The molecule has 0 amide bonds. The van der Waals surface area contributed by atoms with E-state index in [0.717, 1.165) is 20.0 Å². The number of hydrogen-bond donors (Lipinski definition) is 1. The SMILES string of the molecule is Cc1ccc(Sc2c(C(=O)O)cnc3sccc23)cc1. The van der Waals surface area contributed by atoms with Crippen molar-refractivity contribution in [2.24, 2.45) is 0 Å². The van der Waals surface area contributed by atoms with Gasteiger partial charge in [0.05, 0.1) is 5.56 Å². The van der Waals surface area contributed by atoms with Crippen molar-refractivity contribution in [2.45, 2.75) is 16.7 Å². The first-order valence-electron chi connectivity index (χ1n) is 5.99. The van der Waals surface area contributed by atoms with Gasteiger partial charge in [-0.3, -0.25) is 0 Å². The first kappa shape index (κ1) is 13.1. The molecule has 1 N–H and O–H groups in total. The van der Waals surface area contributed by atoms with Crippen LogP contribution >= 0.6 is 23.1 Å². The van der Waals surface area contributed by atoms with Gasteiger partial charge in [0.15, 0.2) is 0 Å². The number of benzene rings is 1. The van der Waals surface area contributed by atoms with Gasteiger partial charge in [0.2, 0.25) is 0 Å². The number of carbonyl (C=O) groups is 1. The number of hydrogen-bond acceptors (Lipinski definition) is 4. The van der Waals surface area contributed by atoms with Crippen LogP contribution in [0, 0.1) is 6.92 Å². The largest absolute Gasteiger partial charge is 0.478 e. The number of aryl methyl sites for hydroxylation is 1. The lowest BCUT2D eigenvalue weighted by atomic mass is 10.2. The zero-order valence-electron chi connectivity index (χ0n) is 10.7. The van der Waals surface area contributed by atoms with Crippen LogP contribution in [0.15, 0.2) is 51.7 Å². The van der Waals surface area contributed by atoms with E-state index in [1.807, 2.05) is 42.6 Å². The fourth-order valence-corrected chi connectivity index (χ4v) is 3.73. The van der Waals surface area contributed by atoms with Crippen LogP contribution in [-0.4, -0.2) is 16.1 Å². The molecule has 0 aliphatic heterocycles.